The van der Waals surface area contributed by atoms with Crippen LogP contribution >= 0.6 is 11.6 Å². The molecule has 5 heterocycles. The molecule has 2 fully saturated rings. The number of ether oxygens (including phenoxy) is 2. The van der Waals surface area contributed by atoms with Crippen molar-refractivity contribution in [2.75, 3.05) is 19.8 Å². The Balaban J connectivity index is 1.40. The molecule has 6 rings (SSSR count). The summed E-state index contributed by atoms with van der Waals surface area (Å²) in [4.78, 5) is 30.3. The van der Waals surface area contributed by atoms with Crippen molar-refractivity contribution in [2.45, 2.75) is 45.3 Å². The fourth-order valence-corrected chi connectivity index (χ4v) is 5.44. The third kappa shape index (κ3) is 4.90. The Morgan fingerprint density at radius 3 is 2.67 bits per heavy atom. The number of halogens is 2. The average Bonchev–Trinajstić information content (AvgIpc) is 2.90. The fourth-order valence-electron chi connectivity index (χ4n) is 5.28. The highest BCUT2D eigenvalue weighted by Crippen LogP contribution is 2.38. The predicted molar refractivity (Wildman–Crippen MR) is 145 cm³/mol. The van der Waals surface area contributed by atoms with Gasteiger partial charge in [-0.15, -0.1) is 0 Å². The quantitative estimate of drug-likeness (QED) is 0.361. The zero-order chi connectivity index (χ0) is 27.3. The number of hydrogen-bond donors (Lipinski definition) is 0. The molecular weight excluding hydrogens is 523 g/mol. The molecule has 3 aromatic heterocycles. The Labute approximate surface area is 229 Å². The van der Waals surface area contributed by atoms with Crippen LogP contribution in [0, 0.1) is 25.6 Å². The van der Waals surface area contributed by atoms with Gasteiger partial charge in [0.15, 0.2) is 5.65 Å². The van der Waals surface area contributed by atoms with Crippen LogP contribution in [0.25, 0.3) is 16.8 Å². The van der Waals surface area contributed by atoms with Gasteiger partial charge in [0.1, 0.15) is 5.82 Å². The summed E-state index contributed by atoms with van der Waals surface area (Å²) in [5.41, 5.74) is 3.36. The van der Waals surface area contributed by atoms with Crippen LogP contribution in [0.1, 0.15) is 47.4 Å². The first-order valence-electron chi connectivity index (χ1n) is 13.0. The van der Waals surface area contributed by atoms with E-state index in [2.05, 4.69) is 4.98 Å². The summed E-state index contributed by atoms with van der Waals surface area (Å²) < 4.78 is 29.5. The highest BCUT2D eigenvalue weighted by atomic mass is 35.5. The summed E-state index contributed by atoms with van der Waals surface area (Å²) in [6.07, 6.45) is 2.90. The summed E-state index contributed by atoms with van der Waals surface area (Å²) in [6, 6.07) is 9.68. The molecule has 2 aliphatic rings. The van der Waals surface area contributed by atoms with Crippen LogP contribution in [0.3, 0.4) is 0 Å². The van der Waals surface area contributed by atoms with E-state index in [-0.39, 0.29) is 28.2 Å². The van der Waals surface area contributed by atoms with Crippen molar-refractivity contribution in [3.8, 4) is 11.1 Å². The lowest BCUT2D eigenvalue weighted by Gasteiger charge is -2.31. The molecule has 4 aromatic rings. The zero-order valence-corrected chi connectivity index (χ0v) is 22.4. The maximum Gasteiger partial charge on any atom is 0.277 e. The smallest absolute Gasteiger partial charge is 0.277 e. The summed E-state index contributed by atoms with van der Waals surface area (Å²) in [6.45, 7) is 5.89. The van der Waals surface area contributed by atoms with Gasteiger partial charge in [-0.1, -0.05) is 11.6 Å². The molecule has 0 aliphatic carbocycles. The van der Waals surface area contributed by atoms with Crippen LogP contribution < -0.4 is 11.1 Å². The highest BCUT2D eigenvalue weighted by Gasteiger charge is 2.29. The molecule has 0 amide bonds. The molecule has 0 spiro atoms. The molecule has 0 unspecified atom stereocenters. The number of rotatable bonds is 5. The van der Waals surface area contributed by atoms with E-state index in [1.165, 1.54) is 10.6 Å². The van der Waals surface area contributed by atoms with Crippen molar-refractivity contribution in [1.29, 1.82) is 0 Å². The van der Waals surface area contributed by atoms with Gasteiger partial charge in [-0.05, 0) is 62.6 Å². The van der Waals surface area contributed by atoms with Gasteiger partial charge >= 0.3 is 0 Å². The number of benzene rings is 1. The second-order valence-corrected chi connectivity index (χ2v) is 10.8. The molecule has 39 heavy (non-hydrogen) atoms. The number of aryl methyl sites for hydroxylation is 1. The number of pyridine rings is 1. The first-order valence-corrected chi connectivity index (χ1v) is 13.4. The van der Waals surface area contributed by atoms with Crippen LogP contribution in [0.2, 0.25) is 5.02 Å². The third-order valence-electron chi connectivity index (χ3n) is 7.74. The number of fused-ring (bicyclic) bond motifs is 1. The highest BCUT2D eigenvalue weighted by molar-refractivity contribution is 6.30. The minimum Gasteiger partial charge on any atom is -0.381 e. The normalized spacial score (nSPS) is 19.8. The van der Waals surface area contributed by atoms with Crippen LogP contribution in [-0.2, 0) is 16.0 Å². The van der Waals surface area contributed by atoms with Gasteiger partial charge in [-0.25, -0.2) is 9.37 Å². The molecular formula is C29H28ClFN4O4. The summed E-state index contributed by atoms with van der Waals surface area (Å²) in [5, 5.41) is 5.00. The van der Waals surface area contributed by atoms with Crippen molar-refractivity contribution in [2.24, 2.45) is 5.92 Å². The molecule has 202 valence electrons. The maximum atomic E-state index is 15.1. The topological polar surface area (TPSA) is 87.7 Å². The summed E-state index contributed by atoms with van der Waals surface area (Å²) in [7, 11) is 0. The van der Waals surface area contributed by atoms with Gasteiger partial charge in [0.25, 0.3) is 11.1 Å². The van der Waals surface area contributed by atoms with E-state index in [0.29, 0.717) is 78.9 Å². The molecule has 8 nitrogen and oxygen atoms in total. The second-order valence-electron chi connectivity index (χ2n) is 10.4. The van der Waals surface area contributed by atoms with Crippen LogP contribution in [0.5, 0.6) is 0 Å². The molecule has 2 saturated heterocycles. The fraction of sp³-hybridized carbons (Fsp3) is 0.379. The minimum atomic E-state index is -0.502. The maximum absolute atomic E-state index is 15.1. The summed E-state index contributed by atoms with van der Waals surface area (Å²) in [5.74, 6) is -0.223. The van der Waals surface area contributed by atoms with Crippen LogP contribution in [0.4, 0.5) is 4.39 Å². The molecule has 0 radical (unpaired) electrons. The predicted octanol–water partition coefficient (Wildman–Crippen LogP) is 4.61. The van der Waals surface area contributed by atoms with E-state index < -0.39 is 5.82 Å². The van der Waals surface area contributed by atoms with Gasteiger partial charge in [-0.3, -0.25) is 9.59 Å². The molecule has 0 N–H and O–H groups in total. The van der Waals surface area contributed by atoms with E-state index in [9.17, 15) is 9.59 Å². The van der Waals surface area contributed by atoms with E-state index in [1.807, 2.05) is 18.3 Å². The Kier molecular flexibility index (Phi) is 6.82. The first-order chi connectivity index (χ1) is 18.8. The van der Waals surface area contributed by atoms with Crippen molar-refractivity contribution in [3.63, 3.8) is 0 Å². The monoisotopic (exact) mass is 550 g/mol. The Bertz CT molecular complexity index is 1700. The number of nitrogens with zero attached hydrogens (tertiary/aromatic N) is 4. The molecule has 10 heteroatoms. The largest absolute Gasteiger partial charge is 0.381 e. The van der Waals surface area contributed by atoms with Crippen molar-refractivity contribution < 1.29 is 13.9 Å². The van der Waals surface area contributed by atoms with Crippen LogP contribution in [0.15, 0.2) is 52.2 Å². The SMILES string of the molecule is Cc1nc2c(-c3ccc(Cl)cc3F)cc([C@H]3CCO[C@@H](c4ccc(=O)n(CC5COC5)c4)C3)nn2c(=O)c1C. The van der Waals surface area contributed by atoms with Crippen molar-refractivity contribution in [3.05, 3.63) is 96.7 Å². The Morgan fingerprint density at radius 2 is 1.92 bits per heavy atom. The molecule has 0 saturated carbocycles. The van der Waals surface area contributed by atoms with E-state index >= 15 is 4.39 Å². The zero-order valence-electron chi connectivity index (χ0n) is 21.7. The average molecular weight is 551 g/mol. The van der Waals surface area contributed by atoms with Crippen LogP contribution in [-0.4, -0.2) is 39.0 Å². The number of hydrogen-bond acceptors (Lipinski definition) is 6. The Morgan fingerprint density at radius 1 is 1.10 bits per heavy atom. The van der Waals surface area contributed by atoms with Gasteiger partial charge < -0.3 is 14.0 Å². The lowest BCUT2D eigenvalue weighted by molar-refractivity contribution is -0.0400. The molecule has 2 atom stereocenters. The Hall–Kier alpha value is -3.40. The number of aromatic nitrogens is 4. The molecule has 0 bridgehead atoms. The van der Waals surface area contributed by atoms with E-state index in [1.54, 1.807) is 36.6 Å². The van der Waals surface area contributed by atoms with Gasteiger partial charge in [0.05, 0.1) is 25.0 Å². The van der Waals surface area contributed by atoms with Gasteiger partial charge in [0, 0.05) is 64.7 Å². The summed E-state index contributed by atoms with van der Waals surface area (Å²) >= 11 is 6.02. The van der Waals surface area contributed by atoms with Gasteiger partial charge in [0.2, 0.25) is 0 Å². The van der Waals surface area contributed by atoms with Gasteiger partial charge in [-0.2, -0.15) is 9.61 Å². The van der Waals surface area contributed by atoms with E-state index in [0.717, 1.165) is 5.56 Å². The first kappa shape index (κ1) is 25.9. The third-order valence-corrected chi connectivity index (χ3v) is 7.98. The lowest BCUT2D eigenvalue weighted by Crippen LogP contribution is -2.35. The van der Waals surface area contributed by atoms with Crippen molar-refractivity contribution >= 4 is 17.2 Å². The van der Waals surface area contributed by atoms with E-state index in [4.69, 9.17) is 26.2 Å². The molecule has 1 aromatic carbocycles. The lowest BCUT2D eigenvalue weighted by atomic mass is 9.88. The minimum absolute atomic E-state index is 0.0543. The van der Waals surface area contributed by atoms with Crippen molar-refractivity contribution in [1.82, 2.24) is 19.2 Å². The second kappa shape index (κ2) is 10.3. The molecule has 2 aliphatic heterocycles. The standard InChI is InChI=1S/C29H28ClFN4O4/c1-16-17(2)32-28-23(22-5-4-21(30)10-24(22)31)11-25(33-35(28)29(16)37)19-7-8-39-26(9-19)20-3-6-27(36)34(13-20)12-18-14-38-15-18/h3-6,10-11,13,18-19,26H,7-9,12,14-15H2,1-2H3/t19-,26+/m0/s1.